The Balaban J connectivity index is 0.895. The molecule has 0 saturated carbocycles. The quantitative estimate of drug-likeness (QED) is 0.0212. The molecule has 4 aromatic heterocycles. The maximum Gasteiger partial charge on any atom is 0.528 e. The molecule has 0 fully saturated rings. The van der Waals surface area contributed by atoms with E-state index in [4.69, 9.17) is 19.7 Å². The van der Waals surface area contributed by atoms with Crippen LogP contribution in [-0.4, -0.2) is 11.6 Å². The molecule has 0 saturated heterocycles. The van der Waals surface area contributed by atoms with E-state index in [0.717, 1.165) is 177 Å². The minimum atomic E-state index is -0.960. The van der Waals surface area contributed by atoms with E-state index in [9.17, 15) is 14.9 Å². The van der Waals surface area contributed by atoms with Crippen LogP contribution < -0.4 is 0 Å². The highest BCUT2D eigenvalue weighted by molar-refractivity contribution is 7.25. The van der Waals surface area contributed by atoms with Crippen molar-refractivity contribution in [2.24, 2.45) is 0 Å². The number of nitriles is 1. The lowest BCUT2D eigenvalue weighted by Gasteiger charge is -2.33. The zero-order valence-corrected chi connectivity index (χ0v) is 65.9. The molecule has 0 bridgehead atoms. The van der Waals surface area contributed by atoms with Gasteiger partial charge in [0.15, 0.2) is 11.6 Å². The number of aryl methyl sites for hydroxylation is 4. The highest BCUT2D eigenvalue weighted by Crippen LogP contribution is 2.65. The fourth-order valence-corrected chi connectivity index (χ4v) is 22.3. The summed E-state index contributed by atoms with van der Waals surface area (Å²) >= 11 is 5.92. The molecule has 110 heavy (non-hydrogen) atoms. The number of benzene rings is 7. The number of rotatable bonds is 28. The largest absolute Gasteiger partial charge is 0.528 e. The molecule has 0 aliphatic heterocycles. The first-order valence-corrected chi connectivity index (χ1v) is 42.3. The van der Waals surface area contributed by atoms with Crippen molar-refractivity contribution in [1.29, 1.82) is 5.26 Å². The molecule has 0 spiro atoms. The molecule has 546 valence electrons. The van der Waals surface area contributed by atoms with Gasteiger partial charge >= 0.3 is 5.82 Å². The average Bonchev–Trinajstić information content (AvgIpc) is 1.53. The van der Waals surface area contributed by atoms with Crippen molar-refractivity contribution in [2.75, 3.05) is 0 Å². The van der Waals surface area contributed by atoms with Crippen molar-refractivity contribution in [3.05, 3.63) is 349 Å². The summed E-state index contributed by atoms with van der Waals surface area (Å²) in [5, 5.41) is 10.4. The third-order valence-electron chi connectivity index (χ3n) is 22.8. The first-order valence-electron chi connectivity index (χ1n) is 39.0. The summed E-state index contributed by atoms with van der Waals surface area (Å²) in [6.07, 6.45) is 25.6. The van der Waals surface area contributed by atoms with Crippen LogP contribution in [0.2, 0.25) is 0 Å². The van der Waals surface area contributed by atoms with Gasteiger partial charge in [0.25, 0.3) is 5.70 Å². The monoisotopic (exact) mass is 1510 g/mol. The number of carbonyl (C=O) groups is 2. The zero-order chi connectivity index (χ0) is 76.2. The number of Topliss-reactive ketones (excluding diaryl/α,β-unsaturated/α-hetero) is 2. The van der Waals surface area contributed by atoms with Gasteiger partial charge in [0, 0.05) is 58.5 Å². The normalized spacial score (nSPS) is 15.1. The van der Waals surface area contributed by atoms with E-state index in [-0.39, 0.29) is 45.4 Å². The van der Waals surface area contributed by atoms with Crippen LogP contribution in [0, 0.1) is 42.7 Å². The molecule has 0 unspecified atom stereocenters. The number of unbranched alkanes of at least 4 members (excludes halogenated alkanes) is 12. The fourth-order valence-electron chi connectivity index (χ4n) is 17.2. The topological polar surface area (TPSA) is 71.0 Å². The van der Waals surface area contributed by atoms with Gasteiger partial charge in [-0.1, -0.05) is 250 Å². The van der Waals surface area contributed by atoms with Crippen LogP contribution in [-0.2, 0) is 36.5 Å². The van der Waals surface area contributed by atoms with E-state index in [2.05, 4.69) is 170 Å². The van der Waals surface area contributed by atoms with Gasteiger partial charge in [0.2, 0.25) is 0 Å². The Morgan fingerprint density at radius 2 is 0.709 bits per heavy atom. The molecule has 11 aromatic rings. The van der Waals surface area contributed by atoms with E-state index in [1.807, 2.05) is 24.3 Å². The van der Waals surface area contributed by atoms with Crippen LogP contribution >= 0.6 is 45.3 Å². The summed E-state index contributed by atoms with van der Waals surface area (Å²) in [5.41, 5.74) is 14.3. The molecule has 15 rings (SSSR count). The first-order chi connectivity index (χ1) is 53.8. The van der Waals surface area contributed by atoms with Crippen LogP contribution in [0.5, 0.6) is 0 Å². The third kappa shape index (κ3) is 13.5. The lowest BCUT2D eigenvalue weighted by atomic mass is 9.68. The Kier molecular flexibility index (Phi) is 22.2. The lowest BCUT2D eigenvalue weighted by molar-refractivity contribution is 0.103. The first kappa shape index (κ1) is 74.9. The van der Waals surface area contributed by atoms with Crippen molar-refractivity contribution >= 4 is 80.2 Å². The van der Waals surface area contributed by atoms with Gasteiger partial charge in [-0.3, -0.25) is 9.59 Å². The van der Waals surface area contributed by atoms with Gasteiger partial charge in [-0.05, 0) is 178 Å². The SMILES string of the molecule is [C-]#[N+]C([N+]#[C-])=C1/C(=C/c2cc3c(s2)-c2sc(-c4cc(F)c(-c5cc6c(s5)-c5sc(/C=C7\C(=O)c8ccccc8\C7=C(/C#N)[N+]#[C-])cc5C6(c5ccc(CCCCCC)cc5)c5ccc(CCCCCC)cc5)cc4F)cc2C3(c2ccc(CCCCCC)cc2)c2ccc(CCCCCC)cc2)C(=O)c2ccccc21. The summed E-state index contributed by atoms with van der Waals surface area (Å²) in [4.78, 5) is 46.4. The molecule has 0 atom stereocenters. The van der Waals surface area contributed by atoms with Crippen LogP contribution in [0.25, 0.3) is 78.2 Å². The molecule has 7 aromatic carbocycles. The number of carbonyl (C=O) groups excluding carboxylic acids is 2. The molecule has 0 amide bonds. The van der Waals surface area contributed by atoms with Crippen LogP contribution in [0.15, 0.2) is 205 Å². The molecular formula is C98H84F2N4O2S4. The van der Waals surface area contributed by atoms with Crippen molar-refractivity contribution < 1.29 is 18.4 Å². The van der Waals surface area contributed by atoms with Crippen LogP contribution in [0.3, 0.4) is 0 Å². The van der Waals surface area contributed by atoms with Crippen molar-refractivity contribution in [1.82, 2.24) is 0 Å². The minimum Gasteiger partial charge on any atom is -0.289 e. The summed E-state index contributed by atoms with van der Waals surface area (Å²) in [6, 6.07) is 63.6. The highest BCUT2D eigenvalue weighted by atomic mass is 32.1. The summed E-state index contributed by atoms with van der Waals surface area (Å²) in [6.45, 7) is 33.2. The summed E-state index contributed by atoms with van der Waals surface area (Å²) in [7, 11) is 0. The number of allylic oxidation sites excluding steroid dienone is 5. The third-order valence-corrected chi connectivity index (χ3v) is 27.6. The maximum atomic E-state index is 18.3. The van der Waals surface area contributed by atoms with Gasteiger partial charge in [-0.15, -0.1) is 45.3 Å². The molecular weight excluding hydrogens is 1430 g/mol. The summed E-state index contributed by atoms with van der Waals surface area (Å²) in [5.74, 6) is -1.83. The Morgan fingerprint density at radius 1 is 0.391 bits per heavy atom. The Bertz CT molecular complexity index is 5230. The van der Waals surface area contributed by atoms with Gasteiger partial charge in [-0.2, -0.15) is 9.69 Å². The molecule has 0 N–H and O–H groups in total. The molecule has 12 heteroatoms. The van der Waals surface area contributed by atoms with Crippen molar-refractivity contribution in [3.63, 3.8) is 0 Å². The number of ketones is 2. The zero-order valence-electron chi connectivity index (χ0n) is 62.6. The van der Waals surface area contributed by atoms with Crippen LogP contribution in [0.4, 0.5) is 8.78 Å². The second-order valence-electron chi connectivity index (χ2n) is 29.6. The van der Waals surface area contributed by atoms with Gasteiger partial charge < -0.3 is 0 Å². The van der Waals surface area contributed by atoms with Crippen molar-refractivity contribution in [3.8, 4) is 46.5 Å². The molecule has 4 aliphatic rings. The number of hydrogen-bond acceptors (Lipinski definition) is 7. The van der Waals surface area contributed by atoms with Gasteiger partial charge in [-0.25, -0.2) is 18.9 Å². The summed E-state index contributed by atoms with van der Waals surface area (Å²) < 4.78 is 36.7. The number of halogens is 2. The fraction of sp³-hybridized carbons (Fsp3) is 0.265. The smallest absolute Gasteiger partial charge is 0.289 e. The lowest BCUT2D eigenvalue weighted by Crippen LogP contribution is -2.28. The standard InChI is InChI=1S/C98H84F2N4O2S4/c1-8-12-16-20-28-61-36-44-65(45-37-61)97(66-46-38-62(39-47-66)29-21-17-13-9-2)79-54-69(52-77-88(85(60-101)102-5)71-32-24-26-34-73(71)90(77)105)107-92(79)94-81(97)58-86(109-94)75-56-84(100)76(57-83(75)99)87-59-82-95(110-87)93-80(55-70(108-93)53-78-89(96(103-6)104-7)72-33-25-27-35-74(72)91(78)106)98(82,67-48-40-63(41-49-67)30-22-18-14-10-3)68-50-42-64(43-51-68)31-23-19-15-11-4/h24-27,32-59H,8-23,28-31H2,1-4H3/b77-52-,78-53-,88-85-. The maximum absolute atomic E-state index is 18.3. The predicted octanol–water partition coefficient (Wildman–Crippen LogP) is 28.0. The highest BCUT2D eigenvalue weighted by Gasteiger charge is 2.52. The Hall–Kier alpha value is -10.5. The predicted molar refractivity (Wildman–Crippen MR) is 451 cm³/mol. The van der Waals surface area contributed by atoms with Crippen molar-refractivity contribution in [2.45, 2.75) is 167 Å². The van der Waals surface area contributed by atoms with E-state index >= 15 is 8.78 Å². The number of hydrogen-bond donors (Lipinski definition) is 0. The molecule has 4 heterocycles. The minimum absolute atomic E-state index is 0.134. The number of fused-ring (bicyclic) bond motifs is 8. The van der Waals surface area contributed by atoms with E-state index in [1.165, 1.54) is 105 Å². The number of thiophene rings is 4. The van der Waals surface area contributed by atoms with Gasteiger partial charge in [0.05, 0.1) is 48.6 Å². The Morgan fingerprint density at radius 3 is 1.04 bits per heavy atom. The number of nitrogens with zero attached hydrogens (tertiary/aromatic N) is 4. The average molecular weight is 1520 g/mol. The Labute approximate surface area is 661 Å². The van der Waals surface area contributed by atoms with E-state index < -0.39 is 22.5 Å². The van der Waals surface area contributed by atoms with E-state index in [0.29, 0.717) is 43.2 Å². The second-order valence-corrected chi connectivity index (χ2v) is 33.8. The van der Waals surface area contributed by atoms with Crippen LogP contribution in [0.1, 0.15) is 239 Å². The molecule has 4 aliphatic carbocycles. The van der Waals surface area contributed by atoms with E-state index in [1.54, 1.807) is 36.4 Å². The molecule has 0 radical (unpaired) electrons. The second kappa shape index (κ2) is 32.6. The van der Waals surface area contributed by atoms with Gasteiger partial charge in [0.1, 0.15) is 24.8 Å². The molecule has 6 nitrogen and oxygen atoms in total.